The highest BCUT2D eigenvalue weighted by Crippen LogP contribution is 2.51. The number of carbonyl (C=O) groups is 5. The molecule has 3 aliphatic rings. The van der Waals surface area contributed by atoms with Crippen LogP contribution >= 0.6 is 0 Å². The minimum absolute atomic E-state index is 0.0420. The molecule has 43 heavy (non-hydrogen) atoms. The summed E-state index contributed by atoms with van der Waals surface area (Å²) in [5.74, 6) is -2.62. The molecule has 3 fully saturated rings. The van der Waals surface area contributed by atoms with Crippen molar-refractivity contribution in [3.8, 4) is 0 Å². The Morgan fingerprint density at radius 2 is 1.93 bits per heavy atom. The predicted molar refractivity (Wildman–Crippen MR) is 156 cm³/mol. The monoisotopic (exact) mass is 587 g/mol. The number of likely N-dealkylation sites (N-methyl/N-ethyl adjacent to an activating group) is 1. The number of pyridine rings is 3. The molecule has 13 nitrogen and oxygen atoms in total. The topological polar surface area (TPSA) is 181 Å². The number of aromatic nitrogens is 3. The van der Waals surface area contributed by atoms with E-state index >= 15 is 0 Å². The van der Waals surface area contributed by atoms with Crippen LogP contribution in [0.1, 0.15) is 55.9 Å². The number of hydrogen-bond acceptors (Lipinski definition) is 8. The van der Waals surface area contributed by atoms with Gasteiger partial charge in [0.05, 0.1) is 0 Å². The molecule has 224 valence electrons. The third-order valence-corrected chi connectivity index (χ3v) is 8.04. The van der Waals surface area contributed by atoms with Crippen molar-refractivity contribution in [3.63, 3.8) is 0 Å². The first-order chi connectivity index (χ1) is 20.7. The smallest absolute Gasteiger partial charge is 0.287 e. The molecule has 6 rings (SSSR count). The van der Waals surface area contributed by atoms with Crippen molar-refractivity contribution in [1.29, 1.82) is 0 Å². The lowest BCUT2D eigenvalue weighted by Crippen LogP contribution is -2.53. The van der Waals surface area contributed by atoms with E-state index in [1.165, 1.54) is 35.3 Å². The average molecular weight is 588 g/mol. The van der Waals surface area contributed by atoms with Gasteiger partial charge in [-0.05, 0) is 69.2 Å². The van der Waals surface area contributed by atoms with Gasteiger partial charge in [-0.3, -0.25) is 38.7 Å². The van der Waals surface area contributed by atoms with Gasteiger partial charge in [0.2, 0.25) is 17.6 Å². The van der Waals surface area contributed by atoms with Crippen LogP contribution in [-0.4, -0.2) is 62.1 Å². The van der Waals surface area contributed by atoms with E-state index < -0.39 is 35.1 Å². The Labute approximate surface area is 246 Å². The standard InChI is InChI=1S/C30H33N7O6/c1-2-32-27(41)23(38)6-5-21(34-28(42)25-20-9-11-31-16-19(20)8-12-33-25)26(40)35-22-4-3-13-37(29(22)43)17-24(39)36-30-10-7-18(14-30)15-30/h3-4,8-9,11-13,16,18,21H,2,5-7,10,14-15,17H2,1H3,(H,32,41)(H,34,42)(H,35,40)(H,36,39)/t18?,21-,30?/m0/s1. The van der Waals surface area contributed by atoms with Gasteiger partial charge in [-0.25, -0.2) is 0 Å². The van der Waals surface area contributed by atoms with Crippen LogP contribution in [0.2, 0.25) is 0 Å². The van der Waals surface area contributed by atoms with Crippen LogP contribution in [0.4, 0.5) is 5.69 Å². The largest absolute Gasteiger partial charge is 0.350 e. The maximum Gasteiger partial charge on any atom is 0.287 e. The molecule has 4 amide bonds. The molecule has 3 saturated carbocycles. The molecule has 0 saturated heterocycles. The van der Waals surface area contributed by atoms with Crippen LogP contribution in [-0.2, 0) is 25.7 Å². The Balaban J connectivity index is 1.31. The van der Waals surface area contributed by atoms with E-state index in [9.17, 15) is 28.8 Å². The van der Waals surface area contributed by atoms with E-state index in [-0.39, 0.29) is 48.8 Å². The Morgan fingerprint density at radius 3 is 2.67 bits per heavy atom. The van der Waals surface area contributed by atoms with Crippen molar-refractivity contribution >= 4 is 45.9 Å². The summed E-state index contributed by atoms with van der Waals surface area (Å²) in [7, 11) is 0. The van der Waals surface area contributed by atoms with Crippen LogP contribution in [0.5, 0.6) is 0 Å². The molecule has 3 aromatic rings. The summed E-state index contributed by atoms with van der Waals surface area (Å²) >= 11 is 0. The number of carbonyl (C=O) groups excluding carboxylic acids is 5. The predicted octanol–water partition coefficient (Wildman–Crippen LogP) is 1.07. The highest BCUT2D eigenvalue weighted by atomic mass is 16.2. The summed E-state index contributed by atoms with van der Waals surface area (Å²) in [6.45, 7) is 1.71. The van der Waals surface area contributed by atoms with Crippen LogP contribution in [0, 0.1) is 5.92 Å². The SMILES string of the molecule is CCNC(=O)C(=O)CC[C@H](NC(=O)c1nccc2cnccc12)C(=O)Nc1cccn(CC(=O)NC23CCC(C2)C3)c1=O. The molecule has 2 bridgehead atoms. The zero-order valence-corrected chi connectivity index (χ0v) is 23.7. The fourth-order valence-electron chi connectivity index (χ4n) is 5.91. The van der Waals surface area contributed by atoms with Crippen LogP contribution < -0.4 is 26.8 Å². The molecule has 3 heterocycles. The number of nitrogens with one attached hydrogen (secondary N) is 4. The van der Waals surface area contributed by atoms with Crippen molar-refractivity contribution in [2.75, 3.05) is 11.9 Å². The summed E-state index contributed by atoms with van der Waals surface area (Å²) in [6, 6.07) is 4.92. The minimum Gasteiger partial charge on any atom is -0.350 e. The van der Waals surface area contributed by atoms with Gasteiger partial charge >= 0.3 is 0 Å². The summed E-state index contributed by atoms with van der Waals surface area (Å²) in [6.07, 6.45) is 9.38. The lowest BCUT2D eigenvalue weighted by molar-refractivity contribution is -0.138. The van der Waals surface area contributed by atoms with Crippen LogP contribution in [0.25, 0.3) is 10.8 Å². The Bertz CT molecular complexity index is 1630. The van der Waals surface area contributed by atoms with Gasteiger partial charge in [0.1, 0.15) is 24.0 Å². The maximum atomic E-state index is 13.4. The average Bonchev–Trinajstić information content (AvgIpc) is 3.57. The normalized spacial score (nSPS) is 19.1. The highest BCUT2D eigenvalue weighted by Gasteiger charge is 2.50. The van der Waals surface area contributed by atoms with Crippen LogP contribution in [0.3, 0.4) is 0 Å². The molecule has 13 heteroatoms. The number of rotatable bonds is 12. The number of amides is 4. The summed E-state index contributed by atoms with van der Waals surface area (Å²) in [5, 5.41) is 11.8. The van der Waals surface area contributed by atoms with Gasteiger partial charge in [0.15, 0.2) is 0 Å². The van der Waals surface area contributed by atoms with E-state index in [0.29, 0.717) is 16.7 Å². The van der Waals surface area contributed by atoms with Gasteiger partial charge in [0.25, 0.3) is 17.4 Å². The van der Waals surface area contributed by atoms with E-state index in [0.717, 1.165) is 25.7 Å². The maximum absolute atomic E-state index is 13.4. The number of fused-ring (bicyclic) bond motifs is 2. The van der Waals surface area contributed by atoms with E-state index in [1.54, 1.807) is 25.3 Å². The second-order valence-electron chi connectivity index (χ2n) is 11.1. The number of ketones is 1. The number of anilines is 1. The highest BCUT2D eigenvalue weighted by molar-refractivity contribution is 6.36. The molecule has 4 N–H and O–H groups in total. The second-order valence-corrected chi connectivity index (χ2v) is 11.1. The molecule has 0 radical (unpaired) electrons. The number of nitrogens with zero attached hydrogens (tertiary/aromatic N) is 3. The van der Waals surface area contributed by atoms with E-state index in [1.807, 2.05) is 0 Å². The minimum atomic E-state index is -1.30. The van der Waals surface area contributed by atoms with Crippen molar-refractivity contribution < 1.29 is 24.0 Å². The molecular weight excluding hydrogens is 554 g/mol. The van der Waals surface area contributed by atoms with Crippen molar-refractivity contribution in [1.82, 2.24) is 30.5 Å². The molecular formula is C30H33N7O6. The Kier molecular flexibility index (Phi) is 8.60. The zero-order valence-electron chi connectivity index (χ0n) is 23.7. The van der Waals surface area contributed by atoms with Crippen LogP contribution in [0.15, 0.2) is 53.8 Å². The van der Waals surface area contributed by atoms with Gasteiger partial charge in [0, 0.05) is 54.1 Å². The van der Waals surface area contributed by atoms with E-state index in [2.05, 4.69) is 31.2 Å². The quantitative estimate of drug-likeness (QED) is 0.227. The number of Topliss-reactive ketones (excluding diaryl/α,β-unsaturated/α-hetero) is 1. The van der Waals surface area contributed by atoms with Crippen molar-refractivity contribution in [3.05, 3.63) is 65.1 Å². The molecule has 1 atom stereocenters. The molecule has 0 aliphatic heterocycles. The number of hydrogen-bond donors (Lipinski definition) is 4. The van der Waals surface area contributed by atoms with E-state index in [4.69, 9.17) is 0 Å². The summed E-state index contributed by atoms with van der Waals surface area (Å²) in [4.78, 5) is 85.1. The summed E-state index contributed by atoms with van der Waals surface area (Å²) in [5.41, 5.74) is -0.830. The fraction of sp³-hybridized carbons (Fsp3) is 0.400. The van der Waals surface area contributed by atoms with Gasteiger partial charge in [-0.2, -0.15) is 0 Å². The van der Waals surface area contributed by atoms with Crippen molar-refractivity contribution in [2.24, 2.45) is 5.92 Å². The first-order valence-corrected chi connectivity index (χ1v) is 14.3. The first-order valence-electron chi connectivity index (χ1n) is 14.3. The Hall–Kier alpha value is -4.94. The van der Waals surface area contributed by atoms with Gasteiger partial charge in [-0.15, -0.1) is 0 Å². The molecule has 3 aliphatic carbocycles. The third kappa shape index (κ3) is 6.60. The fourth-order valence-corrected chi connectivity index (χ4v) is 5.91. The Morgan fingerprint density at radius 1 is 1.12 bits per heavy atom. The molecule has 0 spiro atoms. The lowest BCUT2D eigenvalue weighted by Gasteiger charge is -2.39. The summed E-state index contributed by atoms with van der Waals surface area (Å²) < 4.78 is 1.20. The molecule has 0 unspecified atom stereocenters. The first kappa shape index (κ1) is 29.5. The lowest BCUT2D eigenvalue weighted by atomic mass is 9.77. The van der Waals surface area contributed by atoms with Gasteiger partial charge < -0.3 is 25.8 Å². The third-order valence-electron chi connectivity index (χ3n) is 8.04. The second kappa shape index (κ2) is 12.5. The zero-order chi connectivity index (χ0) is 30.6. The van der Waals surface area contributed by atoms with Gasteiger partial charge in [-0.1, -0.05) is 0 Å². The van der Waals surface area contributed by atoms with Crippen molar-refractivity contribution in [2.45, 2.75) is 63.6 Å². The molecule has 0 aromatic carbocycles. The molecule has 3 aromatic heterocycles.